The van der Waals surface area contributed by atoms with E-state index in [4.69, 9.17) is 0 Å². The maximum absolute atomic E-state index is 3.73. The molecular weight excluding hydrogens is 378 g/mol. The average molecular weight is 395 g/mol. The summed E-state index contributed by atoms with van der Waals surface area (Å²) in [6.07, 6.45) is 5.45. The second kappa shape index (κ2) is 5.53. The Kier molecular flexibility index (Phi) is 3.91. The van der Waals surface area contributed by atoms with Crippen LogP contribution in [0.4, 0.5) is 0 Å². The Hall–Kier alpha value is -0.800. The van der Waals surface area contributed by atoms with Crippen molar-refractivity contribution >= 4 is 41.9 Å². The van der Waals surface area contributed by atoms with Crippen LogP contribution in [0.3, 0.4) is 0 Å². The molecule has 0 radical (unpaired) electrons. The smallest absolute Gasteiger partial charge is 0.0525 e. The van der Waals surface area contributed by atoms with Crippen molar-refractivity contribution in [3.05, 3.63) is 51.1 Å². The maximum atomic E-state index is 3.73. The van der Waals surface area contributed by atoms with Crippen molar-refractivity contribution in [1.29, 1.82) is 0 Å². The minimum Gasteiger partial charge on any atom is -0.316 e. The minimum atomic E-state index is 1.02. The first-order chi connectivity index (χ1) is 9.61. The predicted molar refractivity (Wildman–Crippen MR) is 92.7 cm³/mol. The first kappa shape index (κ1) is 14.2. The molecule has 0 bridgehead atoms. The van der Waals surface area contributed by atoms with Crippen molar-refractivity contribution in [2.45, 2.75) is 33.1 Å². The highest BCUT2D eigenvalue weighted by Crippen LogP contribution is 2.24. The van der Waals surface area contributed by atoms with Crippen LogP contribution in [0, 0.1) is 0 Å². The number of nitrogens with zero attached hydrogens (tertiary/aromatic N) is 1. The zero-order valence-corrected chi connectivity index (χ0v) is 14.9. The highest BCUT2D eigenvalue weighted by atomic mass is 79.9. The molecule has 1 aliphatic rings. The number of hydrogen-bond acceptors (Lipinski definition) is 0. The van der Waals surface area contributed by atoms with E-state index < -0.39 is 0 Å². The fourth-order valence-electron chi connectivity index (χ4n) is 2.89. The van der Waals surface area contributed by atoms with Crippen molar-refractivity contribution in [3.8, 4) is 5.69 Å². The van der Waals surface area contributed by atoms with Gasteiger partial charge in [-0.2, -0.15) is 0 Å². The molecule has 20 heavy (non-hydrogen) atoms. The third kappa shape index (κ3) is 2.31. The Bertz CT molecular complexity index is 784. The number of rotatable bonds is 1. The van der Waals surface area contributed by atoms with E-state index in [2.05, 4.69) is 80.7 Å². The van der Waals surface area contributed by atoms with Gasteiger partial charge in [0, 0.05) is 26.1 Å². The molecule has 1 aliphatic heterocycles. The Morgan fingerprint density at radius 2 is 2.05 bits per heavy atom. The van der Waals surface area contributed by atoms with Crippen molar-refractivity contribution < 1.29 is 0 Å². The van der Waals surface area contributed by atoms with E-state index >= 15 is 0 Å². The molecule has 3 heteroatoms. The summed E-state index contributed by atoms with van der Waals surface area (Å²) < 4.78 is 4.76. The van der Waals surface area contributed by atoms with E-state index in [1.165, 1.54) is 31.9 Å². The molecule has 0 fully saturated rings. The van der Waals surface area contributed by atoms with Crippen LogP contribution < -0.4 is 10.6 Å². The van der Waals surface area contributed by atoms with E-state index in [0.29, 0.717) is 0 Å². The average Bonchev–Trinajstić information content (AvgIpc) is 2.84. The summed E-state index contributed by atoms with van der Waals surface area (Å²) in [5.41, 5.74) is 4.18. The van der Waals surface area contributed by atoms with Gasteiger partial charge >= 0.3 is 0 Å². The van der Waals surface area contributed by atoms with Gasteiger partial charge < -0.3 is 4.57 Å². The predicted octanol–water partition coefficient (Wildman–Crippen LogP) is 4.27. The molecule has 3 rings (SSSR count). The molecule has 0 saturated carbocycles. The zero-order valence-electron chi connectivity index (χ0n) is 11.7. The summed E-state index contributed by atoms with van der Waals surface area (Å²) >= 11 is 7.33. The van der Waals surface area contributed by atoms with Crippen molar-refractivity contribution in [2.75, 3.05) is 0 Å². The molecule has 0 aliphatic carbocycles. The standard InChI is InChI=1S/C17H17Br2N/c1-3-15(19)14-8-9-20-16-10-13(18)7-6-12(16)5-4-11(2)17(14)20/h6-10H,3-5H2,1-2H3. The Morgan fingerprint density at radius 1 is 1.25 bits per heavy atom. The lowest BCUT2D eigenvalue weighted by Crippen LogP contribution is -2.30. The van der Waals surface area contributed by atoms with Crippen molar-refractivity contribution in [1.82, 2.24) is 4.57 Å². The molecular formula is C17H17Br2N. The van der Waals surface area contributed by atoms with Gasteiger partial charge in [0.1, 0.15) is 0 Å². The summed E-state index contributed by atoms with van der Waals surface area (Å²) in [4.78, 5) is 0. The molecule has 0 atom stereocenters. The minimum absolute atomic E-state index is 1.02. The normalized spacial score (nSPS) is 15.5. The fourth-order valence-corrected chi connectivity index (χ4v) is 3.56. The molecule has 2 aromatic rings. The molecule has 1 aromatic carbocycles. The summed E-state index contributed by atoms with van der Waals surface area (Å²) in [7, 11) is 0. The molecule has 2 heterocycles. The van der Waals surface area contributed by atoms with Crippen molar-refractivity contribution in [3.63, 3.8) is 0 Å². The third-order valence-electron chi connectivity index (χ3n) is 3.97. The van der Waals surface area contributed by atoms with Gasteiger partial charge in [0.25, 0.3) is 0 Å². The molecule has 104 valence electrons. The lowest BCUT2D eigenvalue weighted by molar-refractivity contribution is 0.993. The lowest BCUT2D eigenvalue weighted by atomic mass is 10.1. The molecule has 0 spiro atoms. The number of benzene rings is 1. The van der Waals surface area contributed by atoms with Crippen LogP contribution in [0.2, 0.25) is 0 Å². The van der Waals surface area contributed by atoms with Crippen LogP contribution >= 0.6 is 31.9 Å². The summed E-state index contributed by atoms with van der Waals surface area (Å²) in [5, 5.41) is 2.69. The molecule has 0 N–H and O–H groups in total. The monoisotopic (exact) mass is 393 g/mol. The largest absolute Gasteiger partial charge is 0.316 e. The first-order valence-electron chi connectivity index (χ1n) is 6.96. The molecule has 0 unspecified atom stereocenters. The fraction of sp³-hybridized carbons (Fsp3) is 0.294. The van der Waals surface area contributed by atoms with E-state index in [-0.39, 0.29) is 0 Å². The number of aromatic nitrogens is 1. The first-order valence-corrected chi connectivity index (χ1v) is 8.55. The highest BCUT2D eigenvalue weighted by molar-refractivity contribution is 9.14. The second-order valence-electron chi connectivity index (χ2n) is 5.26. The van der Waals surface area contributed by atoms with E-state index in [1.54, 1.807) is 0 Å². The van der Waals surface area contributed by atoms with Gasteiger partial charge in [0.15, 0.2) is 0 Å². The second-order valence-corrected chi connectivity index (χ2v) is 7.13. The Balaban J connectivity index is 2.43. The van der Waals surface area contributed by atoms with Gasteiger partial charge in [-0.3, -0.25) is 0 Å². The quantitative estimate of drug-likeness (QED) is 0.680. The van der Waals surface area contributed by atoms with Crippen molar-refractivity contribution in [2.24, 2.45) is 0 Å². The lowest BCUT2D eigenvalue weighted by Gasteiger charge is -2.09. The Morgan fingerprint density at radius 3 is 2.80 bits per heavy atom. The van der Waals surface area contributed by atoms with Crippen LogP contribution in [0.5, 0.6) is 0 Å². The highest BCUT2D eigenvalue weighted by Gasteiger charge is 2.13. The summed E-state index contributed by atoms with van der Waals surface area (Å²) in [5.74, 6) is 0. The molecule has 0 saturated heterocycles. The number of fused-ring (bicyclic) bond motifs is 3. The third-order valence-corrected chi connectivity index (χ3v) is 5.45. The Labute approximate surface area is 136 Å². The summed E-state index contributed by atoms with van der Waals surface area (Å²) in [6.45, 7) is 4.44. The van der Waals surface area contributed by atoms with Gasteiger partial charge in [-0.15, -0.1) is 0 Å². The van der Waals surface area contributed by atoms with Gasteiger partial charge in [0.2, 0.25) is 0 Å². The summed E-state index contributed by atoms with van der Waals surface area (Å²) in [6, 6.07) is 8.82. The van der Waals surface area contributed by atoms with Crippen LogP contribution in [-0.4, -0.2) is 4.57 Å². The maximum Gasteiger partial charge on any atom is 0.0525 e. The molecule has 0 amide bonds. The van der Waals surface area contributed by atoms with Gasteiger partial charge in [-0.1, -0.05) is 44.8 Å². The van der Waals surface area contributed by atoms with Crippen LogP contribution in [0.25, 0.3) is 15.7 Å². The van der Waals surface area contributed by atoms with E-state index in [0.717, 1.165) is 23.7 Å². The van der Waals surface area contributed by atoms with Crippen LogP contribution in [-0.2, 0) is 6.42 Å². The number of aryl methyl sites for hydroxylation is 1. The van der Waals surface area contributed by atoms with E-state index in [1.807, 2.05) is 0 Å². The van der Waals surface area contributed by atoms with Gasteiger partial charge in [-0.25, -0.2) is 0 Å². The van der Waals surface area contributed by atoms with E-state index in [9.17, 15) is 0 Å². The zero-order chi connectivity index (χ0) is 14.3. The topological polar surface area (TPSA) is 4.93 Å². The van der Waals surface area contributed by atoms with Crippen LogP contribution in [0.1, 0.15) is 32.3 Å². The van der Waals surface area contributed by atoms with Crippen LogP contribution in [0.15, 0.2) is 34.9 Å². The molecule has 1 nitrogen and oxygen atoms in total. The number of halogens is 2. The molecule has 1 aromatic heterocycles. The number of hydrogen-bond donors (Lipinski definition) is 0. The SMILES string of the molecule is CCC(Br)=c1ccn2c1=C(C)CCc1ccc(Br)cc1-2. The van der Waals surface area contributed by atoms with Gasteiger partial charge in [0.05, 0.1) is 5.35 Å². The van der Waals surface area contributed by atoms with Gasteiger partial charge in [-0.05, 0) is 55.5 Å².